The molecular weight excluding hydrogens is 326 g/mol. The van der Waals surface area contributed by atoms with Gasteiger partial charge in [-0.15, -0.1) is 0 Å². The summed E-state index contributed by atoms with van der Waals surface area (Å²) in [5.74, 6) is 1.66. The van der Waals surface area contributed by atoms with E-state index in [-0.39, 0.29) is 5.56 Å². The van der Waals surface area contributed by atoms with Crippen molar-refractivity contribution < 1.29 is 4.52 Å². The van der Waals surface area contributed by atoms with Gasteiger partial charge in [0, 0.05) is 6.54 Å². The molecule has 2 heterocycles. The lowest BCUT2D eigenvalue weighted by molar-refractivity contribution is 0.379. The highest BCUT2D eigenvalue weighted by atomic mass is 79.9. The minimum Gasteiger partial charge on any atom is -0.374 e. The zero-order valence-corrected chi connectivity index (χ0v) is 12.6. The third kappa shape index (κ3) is 2.90. The summed E-state index contributed by atoms with van der Waals surface area (Å²) in [5, 5.41) is 10.9. The topological polar surface area (TPSA) is 85.8 Å². The first-order valence-corrected chi connectivity index (χ1v) is 7.21. The van der Waals surface area contributed by atoms with Crippen molar-refractivity contribution in [3.63, 3.8) is 0 Å². The maximum atomic E-state index is 12.1. The van der Waals surface area contributed by atoms with E-state index in [9.17, 15) is 4.79 Å². The number of aromatic nitrogens is 4. The van der Waals surface area contributed by atoms with Crippen LogP contribution in [-0.2, 0) is 13.1 Å². The van der Waals surface area contributed by atoms with Gasteiger partial charge in [0.15, 0.2) is 5.82 Å². The van der Waals surface area contributed by atoms with E-state index >= 15 is 0 Å². The van der Waals surface area contributed by atoms with Crippen molar-refractivity contribution in [3.8, 4) is 0 Å². The van der Waals surface area contributed by atoms with Crippen molar-refractivity contribution in [3.05, 3.63) is 32.7 Å². The second-order valence-electron chi connectivity index (χ2n) is 4.89. The van der Waals surface area contributed by atoms with Gasteiger partial charge in [-0.3, -0.25) is 4.79 Å². The molecule has 2 aromatic rings. The molecule has 0 atom stereocenters. The molecule has 0 bridgehead atoms. The van der Waals surface area contributed by atoms with Crippen LogP contribution in [-0.4, -0.2) is 19.9 Å². The van der Waals surface area contributed by atoms with Gasteiger partial charge in [0.1, 0.15) is 4.47 Å². The highest BCUT2D eigenvalue weighted by molar-refractivity contribution is 9.10. The fourth-order valence-electron chi connectivity index (χ4n) is 1.85. The van der Waals surface area contributed by atoms with E-state index in [0.717, 1.165) is 0 Å². The Hall–Kier alpha value is -1.70. The van der Waals surface area contributed by atoms with Crippen LogP contribution in [0.15, 0.2) is 20.0 Å². The summed E-state index contributed by atoms with van der Waals surface area (Å²) >= 11 is 3.32. The van der Waals surface area contributed by atoms with Gasteiger partial charge in [0.2, 0.25) is 5.89 Å². The zero-order chi connectivity index (χ0) is 14.1. The van der Waals surface area contributed by atoms with E-state index in [0.29, 0.717) is 40.9 Å². The number of rotatable bonds is 5. The molecule has 0 unspecified atom stereocenters. The average molecular weight is 340 g/mol. The Labute approximate surface area is 123 Å². The van der Waals surface area contributed by atoms with Crippen LogP contribution in [0.5, 0.6) is 0 Å². The first-order valence-electron chi connectivity index (χ1n) is 6.42. The number of anilines is 1. The lowest BCUT2D eigenvalue weighted by atomic mass is 10.4. The maximum Gasteiger partial charge on any atom is 0.283 e. The van der Waals surface area contributed by atoms with E-state index in [1.807, 2.05) is 0 Å². The van der Waals surface area contributed by atoms with E-state index in [2.05, 4.69) is 36.5 Å². The number of hydrogen-bond acceptors (Lipinski definition) is 6. The van der Waals surface area contributed by atoms with Gasteiger partial charge in [-0.25, -0.2) is 4.68 Å². The minimum atomic E-state index is -0.122. The van der Waals surface area contributed by atoms with Gasteiger partial charge in [0.05, 0.1) is 18.4 Å². The Morgan fingerprint density at radius 2 is 2.35 bits per heavy atom. The molecule has 0 saturated heterocycles. The van der Waals surface area contributed by atoms with E-state index in [1.165, 1.54) is 17.5 Å². The Balaban J connectivity index is 1.73. The number of nitrogens with one attached hydrogen (secondary N) is 1. The number of aryl methyl sites for hydroxylation is 1. The van der Waals surface area contributed by atoms with Crippen molar-refractivity contribution in [2.75, 3.05) is 5.32 Å². The predicted molar refractivity (Wildman–Crippen MR) is 75.3 cm³/mol. The third-order valence-corrected chi connectivity index (χ3v) is 3.88. The molecule has 3 rings (SSSR count). The van der Waals surface area contributed by atoms with Crippen LogP contribution in [0.3, 0.4) is 0 Å². The SMILES string of the molecule is Cc1noc(CNc2cnn(CC3CC3)c(=O)c2Br)n1. The van der Waals surface area contributed by atoms with Gasteiger partial charge < -0.3 is 9.84 Å². The molecule has 7 nitrogen and oxygen atoms in total. The zero-order valence-electron chi connectivity index (χ0n) is 11.0. The number of nitrogens with zero attached hydrogens (tertiary/aromatic N) is 4. The molecule has 1 fully saturated rings. The average Bonchev–Trinajstić information content (AvgIpc) is 3.15. The second kappa shape index (κ2) is 5.35. The van der Waals surface area contributed by atoms with Crippen LogP contribution < -0.4 is 10.9 Å². The number of halogens is 1. The first-order chi connectivity index (χ1) is 9.63. The Kier molecular flexibility index (Phi) is 3.56. The normalized spacial score (nSPS) is 14.5. The summed E-state index contributed by atoms with van der Waals surface area (Å²) in [6.45, 7) is 2.80. The highest BCUT2D eigenvalue weighted by Gasteiger charge is 2.23. The molecule has 1 N–H and O–H groups in total. The predicted octanol–water partition coefficient (Wildman–Crippen LogP) is 1.72. The summed E-state index contributed by atoms with van der Waals surface area (Å²) in [6, 6.07) is 0. The largest absolute Gasteiger partial charge is 0.374 e. The molecule has 0 aliphatic heterocycles. The van der Waals surface area contributed by atoms with Gasteiger partial charge >= 0.3 is 0 Å². The van der Waals surface area contributed by atoms with Crippen LogP contribution in [0.25, 0.3) is 0 Å². The molecule has 1 aliphatic rings. The molecule has 1 saturated carbocycles. The fraction of sp³-hybridized carbons (Fsp3) is 0.500. The van der Waals surface area contributed by atoms with Crippen LogP contribution in [0.1, 0.15) is 24.6 Å². The quantitative estimate of drug-likeness (QED) is 0.892. The molecular formula is C12H14BrN5O2. The smallest absolute Gasteiger partial charge is 0.283 e. The summed E-state index contributed by atoms with van der Waals surface area (Å²) in [5.41, 5.74) is 0.501. The molecule has 1 aliphatic carbocycles. The van der Waals surface area contributed by atoms with Gasteiger partial charge in [-0.1, -0.05) is 5.16 Å². The van der Waals surface area contributed by atoms with Gasteiger partial charge in [0.25, 0.3) is 5.56 Å². The molecule has 8 heteroatoms. The van der Waals surface area contributed by atoms with Crippen LogP contribution in [0.2, 0.25) is 0 Å². The van der Waals surface area contributed by atoms with Crippen LogP contribution in [0, 0.1) is 12.8 Å². The Morgan fingerprint density at radius 3 is 3.00 bits per heavy atom. The molecule has 0 spiro atoms. The third-order valence-electron chi connectivity index (χ3n) is 3.11. The lowest BCUT2D eigenvalue weighted by Gasteiger charge is -2.08. The standard InChI is InChI=1S/C12H14BrN5O2/c1-7-16-10(20-17-7)5-14-9-4-15-18(6-8-2-3-8)12(19)11(9)13/h4,8,14H,2-3,5-6H2,1H3. The van der Waals surface area contributed by atoms with E-state index < -0.39 is 0 Å². The molecule has 0 radical (unpaired) electrons. The summed E-state index contributed by atoms with van der Waals surface area (Å²) in [6.07, 6.45) is 4.00. The summed E-state index contributed by atoms with van der Waals surface area (Å²) < 4.78 is 6.98. The monoisotopic (exact) mass is 339 g/mol. The summed E-state index contributed by atoms with van der Waals surface area (Å²) in [4.78, 5) is 16.2. The number of hydrogen-bond donors (Lipinski definition) is 1. The van der Waals surface area contributed by atoms with Crippen LogP contribution in [0.4, 0.5) is 5.69 Å². The molecule has 2 aromatic heterocycles. The lowest BCUT2D eigenvalue weighted by Crippen LogP contribution is -2.25. The Morgan fingerprint density at radius 1 is 1.55 bits per heavy atom. The van der Waals surface area contributed by atoms with Crippen molar-refractivity contribution in [2.24, 2.45) is 5.92 Å². The van der Waals surface area contributed by atoms with Crippen LogP contribution >= 0.6 is 15.9 Å². The van der Waals surface area contributed by atoms with E-state index in [4.69, 9.17) is 4.52 Å². The van der Waals surface area contributed by atoms with Gasteiger partial charge in [-0.2, -0.15) is 10.1 Å². The maximum absolute atomic E-state index is 12.1. The fourth-order valence-corrected chi connectivity index (χ4v) is 2.29. The first kappa shape index (κ1) is 13.3. The molecule has 0 aromatic carbocycles. The van der Waals surface area contributed by atoms with Crippen molar-refractivity contribution in [1.82, 2.24) is 19.9 Å². The minimum absolute atomic E-state index is 0.122. The highest BCUT2D eigenvalue weighted by Crippen LogP contribution is 2.30. The second-order valence-corrected chi connectivity index (χ2v) is 5.68. The van der Waals surface area contributed by atoms with E-state index in [1.54, 1.807) is 13.1 Å². The summed E-state index contributed by atoms with van der Waals surface area (Å²) in [7, 11) is 0. The van der Waals surface area contributed by atoms with Crippen molar-refractivity contribution in [2.45, 2.75) is 32.9 Å². The van der Waals surface area contributed by atoms with Gasteiger partial charge in [-0.05, 0) is 41.6 Å². The molecule has 20 heavy (non-hydrogen) atoms. The molecule has 0 amide bonds. The van der Waals surface area contributed by atoms with Crippen molar-refractivity contribution in [1.29, 1.82) is 0 Å². The van der Waals surface area contributed by atoms with Crippen molar-refractivity contribution >= 4 is 21.6 Å². The Bertz CT molecular complexity index is 677. The molecule has 106 valence electrons.